The number of likely N-dealkylation sites (tertiary alicyclic amines) is 1. The van der Waals surface area contributed by atoms with Crippen LogP contribution in [0.15, 0.2) is 12.1 Å². The maximum absolute atomic E-state index is 12.4. The molecular weight excluding hydrogens is 349 g/mol. The molecule has 2 aliphatic rings. The van der Waals surface area contributed by atoms with Crippen molar-refractivity contribution in [3.8, 4) is 0 Å². The molecule has 1 saturated heterocycles. The molecule has 0 spiro atoms. The monoisotopic (exact) mass is 371 g/mol. The van der Waals surface area contributed by atoms with Gasteiger partial charge in [-0.2, -0.15) is 0 Å². The van der Waals surface area contributed by atoms with Gasteiger partial charge in [0.05, 0.1) is 5.60 Å². The van der Waals surface area contributed by atoms with Gasteiger partial charge < -0.3 is 15.3 Å². The molecule has 2 fully saturated rings. The number of piperidine rings is 1. The number of hydrogen-bond acceptors (Lipinski definition) is 3. The molecule has 0 atom stereocenters. The van der Waals surface area contributed by atoms with Gasteiger partial charge in [0.1, 0.15) is 10.3 Å². The van der Waals surface area contributed by atoms with Crippen LogP contribution in [0.1, 0.15) is 44.9 Å². The van der Waals surface area contributed by atoms with Crippen molar-refractivity contribution in [1.29, 1.82) is 0 Å². The molecule has 0 bridgehead atoms. The number of nitrogens with one attached hydrogen (secondary N) is 1. The van der Waals surface area contributed by atoms with E-state index in [9.17, 15) is 9.90 Å². The van der Waals surface area contributed by atoms with Crippen LogP contribution < -0.4 is 5.32 Å². The van der Waals surface area contributed by atoms with Crippen molar-refractivity contribution in [3.63, 3.8) is 0 Å². The number of halogens is 2. The van der Waals surface area contributed by atoms with Gasteiger partial charge in [-0.3, -0.25) is 0 Å². The van der Waals surface area contributed by atoms with Gasteiger partial charge in [-0.1, -0.05) is 48.9 Å². The van der Waals surface area contributed by atoms with E-state index < -0.39 is 5.60 Å². The zero-order valence-corrected chi connectivity index (χ0v) is 15.1. The number of anilines is 1. The van der Waals surface area contributed by atoms with E-state index in [2.05, 4.69) is 10.3 Å². The van der Waals surface area contributed by atoms with Crippen LogP contribution in [0.4, 0.5) is 10.5 Å². The summed E-state index contributed by atoms with van der Waals surface area (Å²) in [4.78, 5) is 18.0. The van der Waals surface area contributed by atoms with Gasteiger partial charge in [-0.15, -0.1) is 0 Å². The van der Waals surface area contributed by atoms with Crippen molar-refractivity contribution in [2.45, 2.75) is 50.5 Å². The Hall–Kier alpha value is -1.04. The largest absolute Gasteiger partial charge is 0.390 e. The minimum atomic E-state index is -0.616. The molecule has 2 N–H and O–H groups in total. The molecule has 24 heavy (non-hydrogen) atoms. The lowest BCUT2D eigenvalue weighted by Crippen LogP contribution is -2.48. The Kier molecular flexibility index (Phi) is 5.52. The summed E-state index contributed by atoms with van der Waals surface area (Å²) in [5, 5.41) is 14.1. The Morgan fingerprint density at radius 1 is 1.25 bits per heavy atom. The lowest BCUT2D eigenvalue weighted by atomic mass is 9.82. The van der Waals surface area contributed by atoms with E-state index in [0.717, 1.165) is 6.42 Å². The molecule has 2 amide bonds. The predicted molar refractivity (Wildman–Crippen MR) is 95.6 cm³/mol. The van der Waals surface area contributed by atoms with Crippen molar-refractivity contribution in [2.24, 2.45) is 5.92 Å². The molecule has 7 heteroatoms. The third-order valence-corrected chi connectivity index (χ3v) is 5.53. The van der Waals surface area contributed by atoms with Crippen molar-refractivity contribution in [2.75, 3.05) is 18.4 Å². The van der Waals surface area contributed by atoms with Gasteiger partial charge in [0.25, 0.3) is 0 Å². The highest BCUT2D eigenvalue weighted by Crippen LogP contribution is 2.36. The van der Waals surface area contributed by atoms with E-state index >= 15 is 0 Å². The minimum absolute atomic E-state index is 0.198. The summed E-state index contributed by atoms with van der Waals surface area (Å²) >= 11 is 11.7. The van der Waals surface area contributed by atoms with Gasteiger partial charge in [-0.05, 0) is 37.3 Å². The number of carbonyl (C=O) groups excluding carboxylic acids is 1. The summed E-state index contributed by atoms with van der Waals surface area (Å²) in [6.07, 6.45) is 7.17. The first-order chi connectivity index (χ1) is 11.4. The molecule has 1 aliphatic carbocycles. The summed E-state index contributed by atoms with van der Waals surface area (Å²) in [7, 11) is 0. The number of hydrogen-bond donors (Lipinski definition) is 2. The summed E-state index contributed by atoms with van der Waals surface area (Å²) in [6.45, 7) is 1.11. The Balaban J connectivity index is 1.52. The Morgan fingerprint density at radius 3 is 2.42 bits per heavy atom. The molecule has 2 heterocycles. The van der Waals surface area contributed by atoms with Crippen molar-refractivity contribution in [3.05, 3.63) is 22.4 Å². The Labute approximate surface area is 152 Å². The fourth-order valence-corrected chi connectivity index (χ4v) is 4.28. The van der Waals surface area contributed by atoms with Crippen LogP contribution in [0.3, 0.4) is 0 Å². The first-order valence-electron chi connectivity index (χ1n) is 8.55. The predicted octanol–water partition coefficient (Wildman–Crippen LogP) is 4.33. The number of carbonyl (C=O) groups is 1. The fourth-order valence-electron chi connectivity index (χ4n) is 3.82. The number of aromatic nitrogens is 1. The number of rotatable bonds is 3. The number of amides is 2. The minimum Gasteiger partial charge on any atom is -0.390 e. The highest BCUT2D eigenvalue weighted by atomic mass is 35.5. The van der Waals surface area contributed by atoms with Gasteiger partial charge in [0.15, 0.2) is 0 Å². The zero-order chi connectivity index (χ0) is 17.2. The van der Waals surface area contributed by atoms with Gasteiger partial charge in [-0.25, -0.2) is 9.78 Å². The molecule has 5 nitrogen and oxygen atoms in total. The normalized spacial score (nSPS) is 21.0. The van der Waals surface area contributed by atoms with E-state index in [1.807, 2.05) is 0 Å². The van der Waals surface area contributed by atoms with Crippen LogP contribution in [0.5, 0.6) is 0 Å². The maximum atomic E-state index is 12.4. The highest BCUT2D eigenvalue weighted by Gasteiger charge is 2.36. The molecule has 1 saturated carbocycles. The average Bonchev–Trinajstić information content (AvgIpc) is 2.99. The van der Waals surface area contributed by atoms with Crippen molar-refractivity contribution >= 4 is 34.9 Å². The second-order valence-electron chi connectivity index (χ2n) is 7.00. The smallest absolute Gasteiger partial charge is 0.321 e. The van der Waals surface area contributed by atoms with Gasteiger partial charge >= 0.3 is 6.03 Å². The van der Waals surface area contributed by atoms with E-state index in [-0.39, 0.29) is 16.3 Å². The average molecular weight is 372 g/mol. The SMILES string of the molecule is O=C(Nc1cc(Cl)nc(Cl)c1)N1CCC(O)(CC2CCCC2)CC1. The summed E-state index contributed by atoms with van der Waals surface area (Å²) in [6, 6.07) is 2.92. The molecular formula is C17H23Cl2N3O2. The second-order valence-corrected chi connectivity index (χ2v) is 7.77. The number of pyridine rings is 1. The van der Waals surface area contributed by atoms with Crippen molar-refractivity contribution < 1.29 is 9.90 Å². The molecule has 1 aliphatic heterocycles. The number of nitrogens with zero attached hydrogens (tertiary/aromatic N) is 2. The first kappa shape index (κ1) is 17.8. The van der Waals surface area contributed by atoms with Crippen molar-refractivity contribution in [1.82, 2.24) is 9.88 Å². The Morgan fingerprint density at radius 2 is 1.83 bits per heavy atom. The van der Waals surface area contributed by atoms with E-state index in [0.29, 0.717) is 37.5 Å². The van der Waals surface area contributed by atoms with E-state index in [1.54, 1.807) is 17.0 Å². The molecule has 0 radical (unpaired) electrons. The van der Waals surface area contributed by atoms with Crippen LogP contribution in [-0.2, 0) is 0 Å². The third kappa shape index (κ3) is 4.52. The summed E-state index contributed by atoms with van der Waals surface area (Å²) in [5.74, 6) is 0.650. The molecule has 0 aromatic carbocycles. The first-order valence-corrected chi connectivity index (χ1v) is 9.31. The van der Waals surface area contributed by atoms with Gasteiger partial charge in [0.2, 0.25) is 0 Å². The maximum Gasteiger partial charge on any atom is 0.321 e. The lowest BCUT2D eigenvalue weighted by molar-refractivity contribution is -0.0295. The highest BCUT2D eigenvalue weighted by molar-refractivity contribution is 6.32. The lowest BCUT2D eigenvalue weighted by Gasteiger charge is -2.39. The van der Waals surface area contributed by atoms with Crippen LogP contribution in [-0.4, -0.2) is 39.7 Å². The zero-order valence-electron chi connectivity index (χ0n) is 13.6. The molecule has 1 aromatic rings. The van der Waals surface area contributed by atoms with E-state index in [4.69, 9.17) is 23.2 Å². The Bertz CT molecular complexity index is 577. The molecule has 3 rings (SSSR count). The third-order valence-electron chi connectivity index (χ3n) is 5.14. The molecule has 132 valence electrons. The summed E-state index contributed by atoms with van der Waals surface area (Å²) in [5.41, 5.74) is -0.0912. The number of urea groups is 1. The second kappa shape index (κ2) is 7.46. The number of aliphatic hydroxyl groups is 1. The molecule has 1 aromatic heterocycles. The van der Waals surface area contributed by atoms with Crippen LogP contribution in [0.2, 0.25) is 10.3 Å². The standard InChI is InChI=1S/C17H23Cl2N3O2/c18-14-9-13(10-15(19)21-14)20-16(23)22-7-5-17(24,6-8-22)11-12-3-1-2-4-12/h9-10,12,24H,1-8,11H2,(H,20,21,23). The van der Waals surface area contributed by atoms with Crippen LogP contribution in [0.25, 0.3) is 0 Å². The van der Waals surface area contributed by atoms with Crippen LogP contribution in [0, 0.1) is 5.92 Å². The quantitative estimate of drug-likeness (QED) is 0.777. The van der Waals surface area contributed by atoms with Gasteiger partial charge in [0, 0.05) is 18.8 Å². The van der Waals surface area contributed by atoms with E-state index in [1.165, 1.54) is 25.7 Å². The fraction of sp³-hybridized carbons (Fsp3) is 0.647. The summed E-state index contributed by atoms with van der Waals surface area (Å²) < 4.78 is 0. The van der Waals surface area contributed by atoms with Crippen LogP contribution >= 0.6 is 23.2 Å². The topological polar surface area (TPSA) is 65.5 Å². The molecule has 0 unspecified atom stereocenters.